The summed E-state index contributed by atoms with van der Waals surface area (Å²) in [6.45, 7) is 7.15. The van der Waals surface area contributed by atoms with Gasteiger partial charge in [0.2, 0.25) is 0 Å². The zero-order valence-corrected chi connectivity index (χ0v) is 12.4. The molecule has 1 aromatic heterocycles. The third kappa shape index (κ3) is 2.97. The fourth-order valence-electron chi connectivity index (χ4n) is 2.49. The van der Waals surface area contributed by atoms with Crippen molar-refractivity contribution < 1.29 is 9.26 Å². The van der Waals surface area contributed by atoms with Crippen LogP contribution in [-0.2, 0) is 4.74 Å². The Bertz CT molecular complexity index is 623. The molecule has 1 saturated heterocycles. The second kappa shape index (κ2) is 6.10. The number of anilines is 1. The summed E-state index contributed by atoms with van der Waals surface area (Å²) in [5.74, 6) is 0.743. The van der Waals surface area contributed by atoms with Gasteiger partial charge in [0.25, 0.3) is 0 Å². The van der Waals surface area contributed by atoms with Gasteiger partial charge in [-0.3, -0.25) is 4.99 Å². The second-order valence-electron chi connectivity index (χ2n) is 5.09. The first-order valence-corrected chi connectivity index (χ1v) is 7.14. The number of hydrogen-bond donors (Lipinski definition) is 0. The van der Waals surface area contributed by atoms with Gasteiger partial charge < -0.3 is 14.2 Å². The zero-order chi connectivity index (χ0) is 14.7. The maximum Gasteiger partial charge on any atom is 0.159 e. The summed E-state index contributed by atoms with van der Waals surface area (Å²) in [4.78, 5) is 6.88. The number of aryl methyl sites for hydroxylation is 2. The highest BCUT2D eigenvalue weighted by Crippen LogP contribution is 2.24. The molecule has 1 aliphatic rings. The van der Waals surface area contributed by atoms with Crippen LogP contribution in [0.15, 0.2) is 33.8 Å². The normalized spacial score (nSPS) is 15.8. The monoisotopic (exact) mass is 285 g/mol. The molecule has 0 saturated carbocycles. The lowest BCUT2D eigenvalue weighted by atomic mass is 10.1. The average molecular weight is 285 g/mol. The molecule has 110 valence electrons. The van der Waals surface area contributed by atoms with E-state index in [1.807, 2.05) is 26.1 Å². The predicted molar refractivity (Wildman–Crippen MR) is 82.7 cm³/mol. The van der Waals surface area contributed by atoms with Crippen LogP contribution < -0.4 is 4.90 Å². The molecule has 0 atom stereocenters. The van der Waals surface area contributed by atoms with Crippen LogP contribution in [-0.4, -0.2) is 37.7 Å². The molecule has 0 spiro atoms. The number of benzene rings is 1. The molecule has 2 aromatic rings. The lowest BCUT2D eigenvalue weighted by molar-refractivity contribution is 0.122. The maximum atomic E-state index is 5.42. The number of para-hydroxylation sites is 1. The summed E-state index contributed by atoms with van der Waals surface area (Å²) in [7, 11) is 0. The molecule has 0 radical (unpaired) electrons. The van der Waals surface area contributed by atoms with Crippen LogP contribution in [0.25, 0.3) is 0 Å². The van der Waals surface area contributed by atoms with Gasteiger partial charge in [-0.05, 0) is 19.9 Å². The Hall–Kier alpha value is -2.14. The van der Waals surface area contributed by atoms with Crippen molar-refractivity contribution in [3.63, 3.8) is 0 Å². The van der Waals surface area contributed by atoms with Gasteiger partial charge in [-0.1, -0.05) is 23.4 Å². The van der Waals surface area contributed by atoms with E-state index in [0.29, 0.717) is 0 Å². The number of nitrogens with zero attached hydrogens (tertiary/aromatic N) is 3. The van der Waals surface area contributed by atoms with Crippen LogP contribution in [0, 0.1) is 13.8 Å². The Morgan fingerprint density at radius 2 is 1.95 bits per heavy atom. The second-order valence-corrected chi connectivity index (χ2v) is 5.09. The first-order chi connectivity index (χ1) is 10.3. The summed E-state index contributed by atoms with van der Waals surface area (Å²) in [6.07, 6.45) is 1.89. The Morgan fingerprint density at radius 1 is 1.19 bits per heavy atom. The highest BCUT2D eigenvalue weighted by atomic mass is 16.5. The number of ether oxygens (including phenoxy) is 1. The van der Waals surface area contributed by atoms with Crippen LogP contribution in [0.4, 0.5) is 11.4 Å². The van der Waals surface area contributed by atoms with Crippen molar-refractivity contribution >= 4 is 17.6 Å². The van der Waals surface area contributed by atoms with Crippen molar-refractivity contribution in [3.05, 3.63) is 41.3 Å². The standard InChI is InChI=1S/C16H19N3O2/c1-12-16(13(2)21-18-12)17-11-14-5-3-4-6-15(14)19-7-9-20-10-8-19/h3-6,11H,7-10H2,1-2H3. The molecule has 5 heteroatoms. The van der Waals surface area contributed by atoms with Gasteiger partial charge in [0.15, 0.2) is 5.76 Å². The third-order valence-corrected chi connectivity index (χ3v) is 3.62. The number of hydrogen-bond acceptors (Lipinski definition) is 5. The summed E-state index contributed by atoms with van der Waals surface area (Å²) in [6, 6.07) is 8.28. The SMILES string of the molecule is Cc1noc(C)c1N=Cc1ccccc1N1CCOCC1. The molecule has 1 aromatic carbocycles. The lowest BCUT2D eigenvalue weighted by Gasteiger charge is -2.29. The fraction of sp³-hybridized carbons (Fsp3) is 0.375. The van der Waals surface area contributed by atoms with Crippen molar-refractivity contribution in [2.45, 2.75) is 13.8 Å². The summed E-state index contributed by atoms with van der Waals surface area (Å²) in [5, 5.41) is 3.93. The van der Waals surface area contributed by atoms with Crippen molar-refractivity contribution in [1.82, 2.24) is 5.16 Å². The molecular weight excluding hydrogens is 266 g/mol. The van der Waals surface area contributed by atoms with Gasteiger partial charge in [0.1, 0.15) is 11.4 Å². The molecule has 5 nitrogen and oxygen atoms in total. The van der Waals surface area contributed by atoms with E-state index < -0.39 is 0 Å². The van der Waals surface area contributed by atoms with Crippen molar-refractivity contribution in [2.75, 3.05) is 31.2 Å². The molecule has 2 heterocycles. The Morgan fingerprint density at radius 3 is 2.67 bits per heavy atom. The molecule has 0 unspecified atom stereocenters. The number of morpholine rings is 1. The predicted octanol–water partition coefficient (Wildman–Crippen LogP) is 2.88. The molecule has 21 heavy (non-hydrogen) atoms. The molecular formula is C16H19N3O2. The average Bonchev–Trinajstić information content (AvgIpc) is 2.85. The van der Waals surface area contributed by atoms with Gasteiger partial charge in [0, 0.05) is 30.6 Å². The number of aliphatic imine (C=N–C) groups is 1. The lowest BCUT2D eigenvalue weighted by Crippen LogP contribution is -2.36. The maximum absolute atomic E-state index is 5.42. The summed E-state index contributed by atoms with van der Waals surface area (Å²) >= 11 is 0. The van der Waals surface area contributed by atoms with Gasteiger partial charge >= 0.3 is 0 Å². The van der Waals surface area contributed by atoms with Crippen molar-refractivity contribution in [1.29, 1.82) is 0 Å². The number of aromatic nitrogens is 1. The van der Waals surface area contributed by atoms with Crippen molar-refractivity contribution in [2.24, 2.45) is 4.99 Å². The van der Waals surface area contributed by atoms with E-state index in [0.717, 1.165) is 49.0 Å². The summed E-state index contributed by atoms with van der Waals surface area (Å²) in [5.41, 5.74) is 3.91. The molecule has 0 N–H and O–H groups in total. The van der Waals surface area contributed by atoms with E-state index in [1.165, 1.54) is 5.69 Å². The van der Waals surface area contributed by atoms with Crippen LogP contribution in [0.5, 0.6) is 0 Å². The van der Waals surface area contributed by atoms with E-state index in [9.17, 15) is 0 Å². The molecule has 3 rings (SSSR count). The summed E-state index contributed by atoms with van der Waals surface area (Å²) < 4.78 is 10.6. The first kappa shape index (κ1) is 13.8. The molecule has 1 fully saturated rings. The minimum absolute atomic E-state index is 0.743. The largest absolute Gasteiger partial charge is 0.378 e. The highest BCUT2D eigenvalue weighted by molar-refractivity contribution is 5.89. The van der Waals surface area contributed by atoms with E-state index >= 15 is 0 Å². The Kier molecular flexibility index (Phi) is 4.01. The molecule has 1 aliphatic heterocycles. The van der Waals surface area contributed by atoms with Crippen LogP contribution >= 0.6 is 0 Å². The topological polar surface area (TPSA) is 50.9 Å². The van der Waals surface area contributed by atoms with Crippen molar-refractivity contribution in [3.8, 4) is 0 Å². The van der Waals surface area contributed by atoms with Crippen LogP contribution in [0.3, 0.4) is 0 Å². The molecule has 0 aliphatic carbocycles. The van der Waals surface area contributed by atoms with Gasteiger partial charge in [-0.15, -0.1) is 0 Å². The first-order valence-electron chi connectivity index (χ1n) is 7.14. The van der Waals surface area contributed by atoms with E-state index in [4.69, 9.17) is 9.26 Å². The highest BCUT2D eigenvalue weighted by Gasteiger charge is 2.14. The molecule has 0 bridgehead atoms. The Balaban J connectivity index is 1.88. The van der Waals surface area contributed by atoms with E-state index in [-0.39, 0.29) is 0 Å². The van der Waals surface area contributed by atoms with Crippen LogP contribution in [0.1, 0.15) is 17.0 Å². The van der Waals surface area contributed by atoms with E-state index in [2.05, 4.69) is 33.2 Å². The minimum Gasteiger partial charge on any atom is -0.378 e. The Labute approximate surface area is 124 Å². The quantitative estimate of drug-likeness (QED) is 0.814. The van der Waals surface area contributed by atoms with Gasteiger partial charge in [0.05, 0.1) is 13.2 Å². The van der Waals surface area contributed by atoms with Crippen LogP contribution in [0.2, 0.25) is 0 Å². The van der Waals surface area contributed by atoms with Gasteiger partial charge in [-0.2, -0.15) is 0 Å². The molecule has 0 amide bonds. The van der Waals surface area contributed by atoms with Gasteiger partial charge in [-0.25, -0.2) is 0 Å². The minimum atomic E-state index is 0.743. The van der Waals surface area contributed by atoms with E-state index in [1.54, 1.807) is 0 Å². The zero-order valence-electron chi connectivity index (χ0n) is 12.4. The number of rotatable bonds is 3. The third-order valence-electron chi connectivity index (χ3n) is 3.62. The fourth-order valence-corrected chi connectivity index (χ4v) is 2.49. The smallest absolute Gasteiger partial charge is 0.159 e.